The molecule has 0 aromatic heterocycles. The summed E-state index contributed by atoms with van der Waals surface area (Å²) in [6.45, 7) is 4.67. The molecule has 0 spiro atoms. The van der Waals surface area contributed by atoms with Gasteiger partial charge in [-0.3, -0.25) is 9.59 Å². The zero-order chi connectivity index (χ0) is 18.8. The molecule has 0 atom stereocenters. The van der Waals surface area contributed by atoms with E-state index in [4.69, 9.17) is 9.47 Å². The molecule has 2 amide bonds. The summed E-state index contributed by atoms with van der Waals surface area (Å²) >= 11 is 0. The normalized spacial score (nSPS) is 10.4. The number of nitrogens with one attached hydrogen (secondary N) is 2. The van der Waals surface area contributed by atoms with Crippen LogP contribution in [0.3, 0.4) is 0 Å². The molecule has 0 aliphatic heterocycles. The van der Waals surface area contributed by atoms with Crippen molar-refractivity contribution in [2.75, 3.05) is 18.5 Å². The summed E-state index contributed by atoms with van der Waals surface area (Å²) in [5, 5.41) is 6.31. The van der Waals surface area contributed by atoms with Crippen molar-refractivity contribution >= 4 is 23.7 Å². The van der Waals surface area contributed by atoms with Crippen molar-refractivity contribution < 1.29 is 19.1 Å². The Hall–Kier alpha value is -3.35. The molecular weight excluding hydrogens is 334 g/mol. The van der Waals surface area contributed by atoms with Gasteiger partial charge in [0.05, 0.1) is 25.1 Å². The van der Waals surface area contributed by atoms with Crippen LogP contribution in [0, 0.1) is 0 Å². The predicted molar refractivity (Wildman–Crippen MR) is 99.6 cm³/mol. The second-order valence-corrected chi connectivity index (χ2v) is 5.05. The number of para-hydroxylation sites is 3. The summed E-state index contributed by atoms with van der Waals surface area (Å²) in [5.74, 6) is -0.595. The smallest absolute Gasteiger partial charge is 0.329 e. The van der Waals surface area contributed by atoms with Gasteiger partial charge in [-0.25, -0.2) is 5.43 Å². The molecule has 0 fully saturated rings. The summed E-state index contributed by atoms with van der Waals surface area (Å²) in [7, 11) is 0. The zero-order valence-electron chi connectivity index (χ0n) is 14.7. The lowest BCUT2D eigenvalue weighted by molar-refractivity contribution is -0.136. The first-order valence-electron chi connectivity index (χ1n) is 8.23. The third kappa shape index (κ3) is 5.34. The lowest BCUT2D eigenvalue weighted by Crippen LogP contribution is -2.32. The Kier molecular flexibility index (Phi) is 7.17. The number of rotatable bonds is 7. The third-order valence-electron chi connectivity index (χ3n) is 3.23. The predicted octanol–water partition coefficient (Wildman–Crippen LogP) is 2.57. The number of hydrazone groups is 1. The lowest BCUT2D eigenvalue weighted by atomic mass is 10.2. The van der Waals surface area contributed by atoms with Crippen LogP contribution in [0.5, 0.6) is 11.5 Å². The Morgan fingerprint density at radius 1 is 0.923 bits per heavy atom. The first kappa shape index (κ1) is 19.0. The highest BCUT2D eigenvalue weighted by molar-refractivity contribution is 6.39. The van der Waals surface area contributed by atoms with Gasteiger partial charge in [-0.2, -0.15) is 5.10 Å². The van der Waals surface area contributed by atoms with E-state index in [-0.39, 0.29) is 0 Å². The fraction of sp³-hybridized carbons (Fsp3) is 0.211. The van der Waals surface area contributed by atoms with Gasteiger partial charge in [-0.1, -0.05) is 24.3 Å². The summed E-state index contributed by atoms with van der Waals surface area (Å²) < 4.78 is 10.9. The van der Waals surface area contributed by atoms with Crippen LogP contribution in [0.25, 0.3) is 0 Å². The van der Waals surface area contributed by atoms with E-state index in [9.17, 15) is 9.59 Å². The van der Waals surface area contributed by atoms with E-state index >= 15 is 0 Å². The number of carbonyl (C=O) groups excluding carboxylic acids is 2. The molecule has 0 heterocycles. The van der Waals surface area contributed by atoms with E-state index < -0.39 is 11.8 Å². The number of benzene rings is 2. The Bertz CT molecular complexity index is 790. The Morgan fingerprint density at radius 2 is 1.54 bits per heavy atom. The highest BCUT2D eigenvalue weighted by Crippen LogP contribution is 2.23. The minimum atomic E-state index is -0.888. The van der Waals surface area contributed by atoms with Crippen molar-refractivity contribution in [2.45, 2.75) is 13.8 Å². The van der Waals surface area contributed by atoms with Crippen molar-refractivity contribution in [3.63, 3.8) is 0 Å². The number of hydrogen-bond acceptors (Lipinski definition) is 5. The first-order chi connectivity index (χ1) is 12.7. The van der Waals surface area contributed by atoms with Crippen molar-refractivity contribution in [1.29, 1.82) is 0 Å². The van der Waals surface area contributed by atoms with Crippen molar-refractivity contribution in [1.82, 2.24) is 5.43 Å². The van der Waals surface area contributed by atoms with Gasteiger partial charge < -0.3 is 14.8 Å². The van der Waals surface area contributed by atoms with Crippen molar-refractivity contribution in [3.8, 4) is 11.5 Å². The zero-order valence-corrected chi connectivity index (χ0v) is 14.7. The molecule has 0 bridgehead atoms. The lowest BCUT2D eigenvalue weighted by Gasteiger charge is -2.10. The van der Waals surface area contributed by atoms with Crippen LogP contribution in [0.2, 0.25) is 0 Å². The molecule has 2 rings (SSSR count). The summed E-state index contributed by atoms with van der Waals surface area (Å²) in [5.41, 5.74) is 3.30. The van der Waals surface area contributed by atoms with E-state index in [1.165, 1.54) is 6.21 Å². The van der Waals surface area contributed by atoms with E-state index in [0.717, 1.165) is 0 Å². The van der Waals surface area contributed by atoms with E-state index in [2.05, 4.69) is 15.8 Å². The maximum atomic E-state index is 12.0. The van der Waals surface area contributed by atoms with Crippen molar-refractivity contribution in [3.05, 3.63) is 54.1 Å². The van der Waals surface area contributed by atoms with Gasteiger partial charge in [-0.05, 0) is 38.1 Å². The second-order valence-electron chi connectivity index (χ2n) is 5.05. The number of carbonyl (C=O) groups is 2. The molecule has 0 aliphatic carbocycles. The average molecular weight is 355 g/mol. The SMILES string of the molecule is CCOc1ccccc1/C=N/NC(=O)C(=O)Nc1ccccc1OCC. The number of nitrogens with zero attached hydrogens (tertiary/aromatic N) is 1. The molecule has 2 N–H and O–H groups in total. The van der Waals surface area contributed by atoms with E-state index in [0.29, 0.717) is 36.0 Å². The molecule has 2 aromatic carbocycles. The average Bonchev–Trinajstić information content (AvgIpc) is 2.65. The molecule has 0 unspecified atom stereocenters. The van der Waals surface area contributed by atoms with Crippen LogP contribution in [-0.4, -0.2) is 31.2 Å². The van der Waals surface area contributed by atoms with Crippen LogP contribution in [0.1, 0.15) is 19.4 Å². The molecule has 2 aromatic rings. The molecule has 26 heavy (non-hydrogen) atoms. The van der Waals surface area contributed by atoms with Crippen LogP contribution < -0.4 is 20.2 Å². The number of amides is 2. The Balaban J connectivity index is 1.97. The number of hydrogen-bond donors (Lipinski definition) is 2. The largest absolute Gasteiger partial charge is 0.493 e. The molecule has 0 saturated carbocycles. The Morgan fingerprint density at radius 3 is 2.27 bits per heavy atom. The number of ether oxygens (including phenoxy) is 2. The maximum Gasteiger partial charge on any atom is 0.329 e. The minimum absolute atomic E-state index is 0.417. The van der Waals surface area contributed by atoms with Crippen LogP contribution in [0.15, 0.2) is 53.6 Å². The van der Waals surface area contributed by atoms with Gasteiger partial charge in [0.1, 0.15) is 11.5 Å². The van der Waals surface area contributed by atoms with Crippen molar-refractivity contribution in [2.24, 2.45) is 5.10 Å². The van der Waals surface area contributed by atoms with Gasteiger partial charge in [0, 0.05) is 5.56 Å². The molecule has 136 valence electrons. The molecule has 7 heteroatoms. The Labute approximate surface area is 152 Å². The molecule has 7 nitrogen and oxygen atoms in total. The summed E-state index contributed by atoms with van der Waals surface area (Å²) in [6.07, 6.45) is 1.42. The number of anilines is 1. The second kappa shape index (κ2) is 9.83. The van der Waals surface area contributed by atoms with Crippen LogP contribution in [-0.2, 0) is 9.59 Å². The standard InChI is InChI=1S/C19H21N3O4/c1-3-25-16-11-7-5-9-14(16)13-20-22-19(24)18(23)21-15-10-6-8-12-17(15)26-4-2/h5-13H,3-4H2,1-2H3,(H,21,23)(H,22,24)/b20-13+. The van der Waals surface area contributed by atoms with Gasteiger partial charge in [0.25, 0.3) is 0 Å². The van der Waals surface area contributed by atoms with E-state index in [1.54, 1.807) is 36.4 Å². The van der Waals surface area contributed by atoms with Gasteiger partial charge >= 0.3 is 11.8 Å². The minimum Gasteiger partial charge on any atom is -0.493 e. The first-order valence-corrected chi connectivity index (χ1v) is 8.23. The van der Waals surface area contributed by atoms with Gasteiger partial charge in [-0.15, -0.1) is 0 Å². The molecule has 0 radical (unpaired) electrons. The fourth-order valence-corrected chi connectivity index (χ4v) is 2.12. The van der Waals surface area contributed by atoms with Gasteiger partial charge in [0.15, 0.2) is 0 Å². The quantitative estimate of drug-likeness (QED) is 0.454. The van der Waals surface area contributed by atoms with Crippen LogP contribution in [0.4, 0.5) is 5.69 Å². The topological polar surface area (TPSA) is 89.0 Å². The third-order valence-corrected chi connectivity index (χ3v) is 3.23. The van der Waals surface area contributed by atoms with Crippen LogP contribution >= 0.6 is 0 Å². The monoisotopic (exact) mass is 355 g/mol. The molecular formula is C19H21N3O4. The highest BCUT2D eigenvalue weighted by Gasteiger charge is 2.15. The molecule has 0 aliphatic rings. The summed E-state index contributed by atoms with van der Waals surface area (Å²) in [4.78, 5) is 23.9. The fourth-order valence-electron chi connectivity index (χ4n) is 2.12. The maximum absolute atomic E-state index is 12.0. The van der Waals surface area contributed by atoms with Gasteiger partial charge in [0.2, 0.25) is 0 Å². The highest BCUT2D eigenvalue weighted by atomic mass is 16.5. The molecule has 0 saturated heterocycles. The van der Waals surface area contributed by atoms with E-state index in [1.807, 2.05) is 26.0 Å². The summed E-state index contributed by atoms with van der Waals surface area (Å²) in [6, 6.07) is 14.1.